The molecule has 6 heteroatoms. The molecule has 1 aromatic rings. The summed E-state index contributed by atoms with van der Waals surface area (Å²) in [6.07, 6.45) is 0. The molecule has 1 rings (SSSR count). The summed E-state index contributed by atoms with van der Waals surface area (Å²) in [6.45, 7) is 2.57. The number of carbonyl (C=O) groups is 1. The highest BCUT2D eigenvalue weighted by atomic mass is 32.1. The highest BCUT2D eigenvalue weighted by Gasteiger charge is 2.06. The first-order chi connectivity index (χ1) is 6.15. The van der Waals surface area contributed by atoms with Crippen LogP contribution in [0.2, 0.25) is 0 Å². The van der Waals surface area contributed by atoms with Gasteiger partial charge < -0.3 is 10.4 Å². The third kappa shape index (κ3) is 2.25. The van der Waals surface area contributed by atoms with Gasteiger partial charge in [-0.15, -0.1) is 0 Å². The van der Waals surface area contributed by atoms with Crippen molar-refractivity contribution >= 4 is 24.0 Å². The fourth-order valence-corrected chi connectivity index (χ4v) is 1.03. The minimum absolute atomic E-state index is 0.0564. The van der Waals surface area contributed by atoms with Crippen LogP contribution in [0.5, 0.6) is 0 Å². The number of aromatic nitrogens is 2. The van der Waals surface area contributed by atoms with Crippen molar-refractivity contribution in [3.05, 3.63) is 16.3 Å². The van der Waals surface area contributed by atoms with Gasteiger partial charge in [0.25, 0.3) is 0 Å². The monoisotopic (exact) mass is 199 g/mol. The molecule has 0 spiro atoms. The van der Waals surface area contributed by atoms with Crippen LogP contribution in [0.1, 0.15) is 17.3 Å². The fourth-order valence-electron chi connectivity index (χ4n) is 0.836. The molecule has 0 aliphatic rings. The predicted octanol–water partition coefficient (Wildman–Crippen LogP) is 1.27. The van der Waals surface area contributed by atoms with Gasteiger partial charge in [-0.3, -0.25) is 5.10 Å². The molecule has 0 saturated heterocycles. The molecule has 0 fully saturated rings. The molecule has 0 bridgehead atoms. The molecule has 0 amide bonds. The minimum Gasteiger partial charge on any atom is -0.478 e. The lowest BCUT2D eigenvalue weighted by Crippen LogP contribution is -2.05. The molecular weight excluding hydrogens is 190 g/mol. The first-order valence-electron chi connectivity index (χ1n) is 3.72. The van der Waals surface area contributed by atoms with Crippen LogP contribution >= 0.6 is 12.2 Å². The van der Waals surface area contributed by atoms with Gasteiger partial charge in [-0.1, -0.05) is 12.2 Å². The molecule has 0 aliphatic heterocycles. The maximum atomic E-state index is 10.6. The Bertz CT molecular complexity index is 374. The second kappa shape index (κ2) is 3.99. The summed E-state index contributed by atoms with van der Waals surface area (Å²) in [5.41, 5.74) is 0.0564. The van der Waals surface area contributed by atoms with Crippen molar-refractivity contribution in [2.45, 2.75) is 6.92 Å². The van der Waals surface area contributed by atoms with Crippen LogP contribution in [0.25, 0.3) is 0 Å². The van der Waals surface area contributed by atoms with E-state index in [-0.39, 0.29) is 10.2 Å². The number of hydrogen-bond acceptors (Lipinski definition) is 4. The van der Waals surface area contributed by atoms with Gasteiger partial charge in [-0.2, -0.15) is 5.10 Å². The molecule has 0 unspecified atom stereocenters. The fraction of sp³-hybridized carbons (Fsp3) is 0.286. The van der Waals surface area contributed by atoms with E-state index in [1.807, 2.05) is 6.92 Å². The third-order valence-corrected chi connectivity index (χ3v) is 1.70. The van der Waals surface area contributed by atoms with Gasteiger partial charge in [-0.05, 0) is 13.0 Å². The van der Waals surface area contributed by atoms with Crippen LogP contribution in [0, 0.1) is 4.64 Å². The molecule has 70 valence electrons. The van der Waals surface area contributed by atoms with E-state index in [0.717, 1.165) is 0 Å². The SMILES string of the molecule is CCNc1cc(C(=O)O)c(=S)[nH]n1. The Labute approximate surface area is 79.8 Å². The number of anilines is 1. The number of aromatic carboxylic acids is 1. The van der Waals surface area contributed by atoms with E-state index in [4.69, 9.17) is 17.3 Å². The maximum Gasteiger partial charge on any atom is 0.338 e. The predicted molar refractivity (Wildman–Crippen MR) is 50.5 cm³/mol. The number of hydrogen-bond donors (Lipinski definition) is 3. The lowest BCUT2D eigenvalue weighted by atomic mass is 10.3. The van der Waals surface area contributed by atoms with Gasteiger partial charge in [0.1, 0.15) is 10.5 Å². The largest absolute Gasteiger partial charge is 0.478 e. The van der Waals surface area contributed by atoms with Crippen LogP contribution in [0.4, 0.5) is 5.82 Å². The number of carboxylic acid groups (broad SMARTS) is 1. The van der Waals surface area contributed by atoms with Crippen molar-refractivity contribution in [2.24, 2.45) is 0 Å². The minimum atomic E-state index is -1.05. The van der Waals surface area contributed by atoms with Crippen LogP contribution in [0.3, 0.4) is 0 Å². The summed E-state index contributed by atoms with van der Waals surface area (Å²) in [5.74, 6) is -0.573. The van der Waals surface area contributed by atoms with E-state index in [2.05, 4.69) is 15.5 Å². The van der Waals surface area contributed by atoms with E-state index < -0.39 is 5.97 Å². The second-order valence-corrected chi connectivity index (χ2v) is 2.74. The number of nitrogens with zero attached hydrogens (tertiary/aromatic N) is 1. The molecule has 0 aromatic carbocycles. The summed E-state index contributed by atoms with van der Waals surface area (Å²) in [5, 5.41) is 17.9. The van der Waals surface area contributed by atoms with Gasteiger partial charge in [0, 0.05) is 6.54 Å². The van der Waals surface area contributed by atoms with Crippen LogP contribution in [0.15, 0.2) is 6.07 Å². The van der Waals surface area contributed by atoms with Crippen molar-refractivity contribution in [3.63, 3.8) is 0 Å². The maximum absolute atomic E-state index is 10.6. The molecule has 1 aromatic heterocycles. The Hall–Kier alpha value is -1.43. The average Bonchev–Trinajstić information content (AvgIpc) is 2.08. The zero-order valence-electron chi connectivity index (χ0n) is 7.00. The molecular formula is C7H9N3O2S. The van der Waals surface area contributed by atoms with E-state index in [1.54, 1.807) is 0 Å². The molecule has 0 saturated carbocycles. The zero-order valence-corrected chi connectivity index (χ0v) is 7.81. The number of aromatic amines is 1. The second-order valence-electron chi connectivity index (χ2n) is 2.33. The Morgan fingerprint density at radius 1 is 1.85 bits per heavy atom. The van der Waals surface area contributed by atoms with Gasteiger partial charge >= 0.3 is 5.97 Å². The highest BCUT2D eigenvalue weighted by molar-refractivity contribution is 7.71. The van der Waals surface area contributed by atoms with Crippen LogP contribution in [-0.2, 0) is 0 Å². The van der Waals surface area contributed by atoms with Gasteiger partial charge in [0.05, 0.1) is 5.56 Å². The van der Waals surface area contributed by atoms with Gasteiger partial charge in [0.15, 0.2) is 0 Å². The first kappa shape index (κ1) is 9.66. The smallest absolute Gasteiger partial charge is 0.338 e. The Kier molecular flexibility index (Phi) is 2.97. The standard InChI is InChI=1S/C7H9N3O2S/c1-2-8-5-3-4(7(11)12)6(13)10-9-5/h3H,2H2,1H3,(H,8,9)(H,10,13)(H,11,12). The van der Waals surface area contributed by atoms with Crippen molar-refractivity contribution in [1.82, 2.24) is 10.2 Å². The Morgan fingerprint density at radius 2 is 2.54 bits per heavy atom. The van der Waals surface area contributed by atoms with E-state index in [9.17, 15) is 4.79 Å². The average molecular weight is 199 g/mol. The number of H-pyrrole nitrogens is 1. The molecule has 1 heterocycles. The van der Waals surface area contributed by atoms with Crippen molar-refractivity contribution in [1.29, 1.82) is 0 Å². The topological polar surface area (TPSA) is 78.0 Å². The normalized spacial score (nSPS) is 9.62. The lowest BCUT2D eigenvalue weighted by Gasteiger charge is -2.01. The van der Waals surface area contributed by atoms with E-state index in [0.29, 0.717) is 12.4 Å². The molecule has 13 heavy (non-hydrogen) atoms. The third-order valence-electron chi connectivity index (χ3n) is 1.39. The van der Waals surface area contributed by atoms with Gasteiger partial charge in [0.2, 0.25) is 0 Å². The van der Waals surface area contributed by atoms with Crippen molar-refractivity contribution in [3.8, 4) is 0 Å². The van der Waals surface area contributed by atoms with Crippen LogP contribution < -0.4 is 5.32 Å². The lowest BCUT2D eigenvalue weighted by molar-refractivity contribution is 0.0695. The number of nitrogens with one attached hydrogen (secondary N) is 2. The first-order valence-corrected chi connectivity index (χ1v) is 4.13. The van der Waals surface area contributed by atoms with E-state index in [1.165, 1.54) is 6.07 Å². The van der Waals surface area contributed by atoms with Crippen molar-refractivity contribution in [2.75, 3.05) is 11.9 Å². The van der Waals surface area contributed by atoms with E-state index >= 15 is 0 Å². The summed E-state index contributed by atoms with van der Waals surface area (Å²) in [7, 11) is 0. The molecule has 3 N–H and O–H groups in total. The molecule has 0 radical (unpaired) electrons. The summed E-state index contributed by atoms with van der Waals surface area (Å²) in [6, 6.07) is 1.41. The number of rotatable bonds is 3. The molecule has 0 aliphatic carbocycles. The summed E-state index contributed by atoms with van der Waals surface area (Å²) in [4.78, 5) is 10.6. The van der Waals surface area contributed by atoms with Crippen LogP contribution in [-0.4, -0.2) is 27.8 Å². The summed E-state index contributed by atoms with van der Waals surface area (Å²) >= 11 is 4.75. The van der Waals surface area contributed by atoms with Gasteiger partial charge in [-0.25, -0.2) is 4.79 Å². The zero-order chi connectivity index (χ0) is 9.84. The van der Waals surface area contributed by atoms with Crippen molar-refractivity contribution < 1.29 is 9.90 Å². The molecule has 0 atom stereocenters. The Morgan fingerprint density at radius 3 is 3.08 bits per heavy atom. The Balaban J connectivity index is 3.11. The summed E-state index contributed by atoms with van der Waals surface area (Å²) < 4.78 is 0.133. The molecule has 5 nitrogen and oxygen atoms in total. The number of carboxylic acids is 1. The quantitative estimate of drug-likeness (QED) is 0.639. The highest BCUT2D eigenvalue weighted by Crippen LogP contribution is 2.06.